The molecule has 0 aromatic carbocycles. The van der Waals surface area contributed by atoms with Crippen LogP contribution in [0.2, 0.25) is 0 Å². The zero-order valence-electron chi connectivity index (χ0n) is 12.7. The van der Waals surface area contributed by atoms with Gasteiger partial charge in [-0.25, -0.2) is 14.6 Å². The van der Waals surface area contributed by atoms with Gasteiger partial charge >= 0.3 is 0 Å². The van der Waals surface area contributed by atoms with Gasteiger partial charge in [0.25, 0.3) is 5.91 Å². The molecule has 0 bridgehead atoms. The first-order chi connectivity index (χ1) is 10.5. The van der Waals surface area contributed by atoms with Crippen LogP contribution in [0.25, 0.3) is 11.0 Å². The minimum absolute atomic E-state index is 0.238. The minimum Gasteiger partial charge on any atom is -0.319 e. The second kappa shape index (κ2) is 5.55. The molecule has 3 rings (SSSR count). The molecule has 0 saturated carbocycles. The minimum atomic E-state index is -0.249. The van der Waals surface area contributed by atoms with Gasteiger partial charge in [-0.1, -0.05) is 6.07 Å². The van der Waals surface area contributed by atoms with Crippen LogP contribution in [-0.2, 0) is 0 Å². The molecule has 112 valence electrons. The van der Waals surface area contributed by atoms with Crippen molar-refractivity contribution in [3.8, 4) is 0 Å². The fourth-order valence-corrected chi connectivity index (χ4v) is 2.25. The Morgan fingerprint density at radius 2 is 2.09 bits per heavy atom. The number of carbonyl (C=O) groups is 1. The van der Waals surface area contributed by atoms with Crippen LogP contribution in [0.3, 0.4) is 0 Å². The first-order valence-electron chi connectivity index (χ1n) is 7.13. The van der Waals surface area contributed by atoms with Crippen molar-refractivity contribution in [3.63, 3.8) is 0 Å². The number of nitrogens with zero attached hydrogens (tertiary/aromatic N) is 4. The number of nitrogens with one attached hydrogen (secondary N) is 1. The van der Waals surface area contributed by atoms with E-state index < -0.39 is 0 Å². The molecule has 3 aromatic rings. The molecule has 22 heavy (non-hydrogen) atoms. The van der Waals surface area contributed by atoms with Crippen LogP contribution in [-0.4, -0.2) is 25.7 Å². The molecule has 1 amide bonds. The first kappa shape index (κ1) is 14.2. The lowest BCUT2D eigenvalue weighted by molar-refractivity contribution is 0.102. The van der Waals surface area contributed by atoms with Crippen LogP contribution in [0.15, 0.2) is 36.7 Å². The summed E-state index contributed by atoms with van der Waals surface area (Å²) in [6.45, 7) is 5.95. The number of anilines is 1. The highest BCUT2D eigenvalue weighted by Crippen LogP contribution is 2.19. The Bertz CT molecular complexity index is 837. The second-order valence-electron chi connectivity index (χ2n) is 5.44. The van der Waals surface area contributed by atoms with E-state index in [4.69, 9.17) is 0 Å². The molecule has 0 unspecified atom stereocenters. The number of carbonyl (C=O) groups excluding carboxylic acids is 1. The van der Waals surface area contributed by atoms with E-state index in [1.165, 1.54) is 0 Å². The van der Waals surface area contributed by atoms with E-state index in [-0.39, 0.29) is 11.9 Å². The number of aromatic nitrogens is 4. The van der Waals surface area contributed by atoms with Crippen LogP contribution in [0.4, 0.5) is 5.69 Å². The van der Waals surface area contributed by atoms with Crippen molar-refractivity contribution >= 4 is 22.6 Å². The Morgan fingerprint density at radius 1 is 1.27 bits per heavy atom. The average molecular weight is 295 g/mol. The van der Waals surface area contributed by atoms with Gasteiger partial charge < -0.3 is 5.32 Å². The van der Waals surface area contributed by atoms with E-state index in [0.29, 0.717) is 11.4 Å². The average Bonchev–Trinajstić information content (AvgIpc) is 2.90. The summed E-state index contributed by atoms with van der Waals surface area (Å²) in [6.07, 6.45) is 3.39. The molecule has 0 fully saturated rings. The summed E-state index contributed by atoms with van der Waals surface area (Å²) < 4.78 is 1.85. The van der Waals surface area contributed by atoms with Crippen molar-refractivity contribution < 1.29 is 4.79 Å². The van der Waals surface area contributed by atoms with Crippen LogP contribution < -0.4 is 5.32 Å². The highest BCUT2D eigenvalue weighted by molar-refractivity contribution is 6.03. The highest BCUT2D eigenvalue weighted by atomic mass is 16.1. The molecule has 0 spiro atoms. The zero-order chi connectivity index (χ0) is 15.7. The van der Waals surface area contributed by atoms with E-state index in [2.05, 4.69) is 20.4 Å². The highest BCUT2D eigenvalue weighted by Gasteiger charge is 2.11. The summed E-state index contributed by atoms with van der Waals surface area (Å²) in [5.41, 5.74) is 2.63. The largest absolute Gasteiger partial charge is 0.319 e. The third-order valence-electron chi connectivity index (χ3n) is 3.30. The first-order valence-corrected chi connectivity index (χ1v) is 7.13. The third-order valence-corrected chi connectivity index (χ3v) is 3.30. The summed E-state index contributed by atoms with van der Waals surface area (Å²) in [4.78, 5) is 20.8. The Balaban J connectivity index is 1.86. The fraction of sp³-hybridized carbons (Fsp3) is 0.250. The number of rotatable bonds is 3. The molecule has 3 aromatic heterocycles. The second-order valence-corrected chi connectivity index (χ2v) is 5.44. The van der Waals surface area contributed by atoms with Crippen molar-refractivity contribution in [2.24, 2.45) is 0 Å². The van der Waals surface area contributed by atoms with E-state index in [1.54, 1.807) is 18.5 Å². The maximum atomic E-state index is 12.2. The summed E-state index contributed by atoms with van der Waals surface area (Å²) in [6, 6.07) is 7.45. The molecule has 6 nitrogen and oxygen atoms in total. The van der Waals surface area contributed by atoms with E-state index in [1.807, 2.05) is 43.7 Å². The molecule has 0 aliphatic rings. The van der Waals surface area contributed by atoms with Crippen molar-refractivity contribution in [2.45, 2.75) is 26.8 Å². The summed E-state index contributed by atoms with van der Waals surface area (Å²) in [5, 5.41) is 8.02. The fourth-order valence-electron chi connectivity index (χ4n) is 2.25. The zero-order valence-corrected chi connectivity index (χ0v) is 12.7. The van der Waals surface area contributed by atoms with Gasteiger partial charge in [0.05, 0.1) is 18.1 Å². The quantitative estimate of drug-likeness (QED) is 0.806. The van der Waals surface area contributed by atoms with Crippen molar-refractivity contribution in [2.75, 3.05) is 5.32 Å². The molecule has 0 aliphatic heterocycles. The predicted octanol–water partition coefficient (Wildman–Crippen LogP) is 2.97. The summed E-state index contributed by atoms with van der Waals surface area (Å²) >= 11 is 0. The maximum Gasteiger partial charge on any atom is 0.274 e. The number of hydrogen-bond donors (Lipinski definition) is 1. The smallest absolute Gasteiger partial charge is 0.274 e. The maximum absolute atomic E-state index is 12.2. The number of amides is 1. The van der Waals surface area contributed by atoms with Gasteiger partial charge in [-0.2, -0.15) is 5.10 Å². The van der Waals surface area contributed by atoms with Crippen LogP contribution >= 0.6 is 0 Å². The molecular weight excluding hydrogens is 278 g/mol. The number of fused-ring (bicyclic) bond motifs is 1. The lowest BCUT2D eigenvalue weighted by Crippen LogP contribution is -2.14. The topological polar surface area (TPSA) is 72.7 Å². The van der Waals surface area contributed by atoms with Crippen molar-refractivity contribution in [3.05, 3.63) is 48.0 Å². The molecular formula is C16H17N5O. The van der Waals surface area contributed by atoms with Gasteiger partial charge in [-0.15, -0.1) is 0 Å². The van der Waals surface area contributed by atoms with E-state index in [0.717, 1.165) is 16.7 Å². The van der Waals surface area contributed by atoms with Crippen LogP contribution in [0, 0.1) is 6.92 Å². The molecule has 0 radical (unpaired) electrons. The predicted molar refractivity (Wildman–Crippen MR) is 84.8 cm³/mol. The van der Waals surface area contributed by atoms with Gasteiger partial charge in [0.1, 0.15) is 5.69 Å². The number of hydrogen-bond acceptors (Lipinski definition) is 4. The van der Waals surface area contributed by atoms with Crippen LogP contribution in [0.1, 0.15) is 36.1 Å². The standard InChI is InChI=1S/C16H17N5O/c1-10(2)21-15-12(8-18-21)7-13(9-17-15)20-16(22)14-6-4-5-11(3)19-14/h4-10H,1-3H3,(H,20,22). The number of aryl methyl sites for hydroxylation is 1. The van der Waals surface area contributed by atoms with Gasteiger partial charge in [0.2, 0.25) is 0 Å². The normalized spacial score (nSPS) is 11.1. The monoisotopic (exact) mass is 295 g/mol. The lowest BCUT2D eigenvalue weighted by atomic mass is 10.2. The molecule has 3 heterocycles. The summed E-state index contributed by atoms with van der Waals surface area (Å²) in [5.74, 6) is -0.249. The molecule has 1 N–H and O–H groups in total. The van der Waals surface area contributed by atoms with Crippen LogP contribution in [0.5, 0.6) is 0 Å². The lowest BCUT2D eigenvalue weighted by Gasteiger charge is -2.07. The molecule has 0 saturated heterocycles. The van der Waals surface area contributed by atoms with Gasteiger partial charge in [0, 0.05) is 17.1 Å². The molecule has 6 heteroatoms. The van der Waals surface area contributed by atoms with Gasteiger partial charge in [-0.3, -0.25) is 4.79 Å². The van der Waals surface area contributed by atoms with E-state index >= 15 is 0 Å². The van der Waals surface area contributed by atoms with Gasteiger partial charge in [-0.05, 0) is 39.0 Å². The third kappa shape index (κ3) is 2.67. The van der Waals surface area contributed by atoms with Crippen molar-refractivity contribution in [1.82, 2.24) is 19.7 Å². The Kier molecular flexibility index (Phi) is 3.58. The Morgan fingerprint density at radius 3 is 2.82 bits per heavy atom. The van der Waals surface area contributed by atoms with E-state index in [9.17, 15) is 4.79 Å². The summed E-state index contributed by atoms with van der Waals surface area (Å²) in [7, 11) is 0. The molecule has 0 atom stereocenters. The number of pyridine rings is 2. The van der Waals surface area contributed by atoms with Crippen molar-refractivity contribution in [1.29, 1.82) is 0 Å². The SMILES string of the molecule is Cc1cccc(C(=O)Nc2cnc3c(cnn3C(C)C)c2)n1. The Labute approximate surface area is 128 Å². The molecule has 0 aliphatic carbocycles. The Hall–Kier alpha value is -2.76. The van der Waals surface area contributed by atoms with Gasteiger partial charge in [0.15, 0.2) is 5.65 Å².